The van der Waals surface area contributed by atoms with Crippen LogP contribution in [0.5, 0.6) is 0 Å². The molecule has 2 saturated carbocycles. The molecule has 3 aliphatic rings. The maximum Gasteiger partial charge on any atom is 0.306 e. The maximum absolute atomic E-state index is 14.8. The number of ether oxygens (including phenoxy) is 1. The molecule has 1 heterocycles. The molecule has 186 valence electrons. The maximum atomic E-state index is 14.8. The molecular formula is C26H28ClFN2O4S. The van der Waals surface area contributed by atoms with Crippen LogP contribution in [0.15, 0.2) is 48.5 Å². The second-order valence-electron chi connectivity index (χ2n) is 9.45. The molecule has 3 atom stereocenters. The molecule has 3 unspecified atom stereocenters. The van der Waals surface area contributed by atoms with Crippen LogP contribution in [0.25, 0.3) is 0 Å². The molecule has 1 N–H and O–H groups in total. The molecule has 2 aliphatic carbocycles. The smallest absolute Gasteiger partial charge is 0.306 e. The fourth-order valence-corrected chi connectivity index (χ4v) is 5.97. The van der Waals surface area contributed by atoms with Gasteiger partial charge in [-0.05, 0) is 73.4 Å². The van der Waals surface area contributed by atoms with Crippen LogP contribution in [-0.4, -0.2) is 52.4 Å². The van der Waals surface area contributed by atoms with Crippen molar-refractivity contribution in [2.75, 3.05) is 17.5 Å². The molecule has 0 aromatic heterocycles. The summed E-state index contributed by atoms with van der Waals surface area (Å²) in [6.45, 7) is 0.659. The topological polar surface area (TPSA) is 70.1 Å². The zero-order valence-electron chi connectivity index (χ0n) is 19.2. The number of carboxylic acids is 1. The molecule has 2 aromatic rings. The zero-order chi connectivity index (χ0) is 24.5. The van der Waals surface area contributed by atoms with E-state index in [9.17, 15) is 19.1 Å². The first-order valence-corrected chi connectivity index (χ1v) is 13.2. The van der Waals surface area contributed by atoms with Crippen molar-refractivity contribution in [1.82, 2.24) is 4.90 Å². The lowest BCUT2D eigenvalue weighted by Gasteiger charge is -2.45. The molecule has 0 bridgehead atoms. The number of hydrogen-bond acceptors (Lipinski definition) is 5. The molecule has 1 amide bonds. The fraction of sp³-hybridized carbons (Fsp3) is 0.462. The van der Waals surface area contributed by atoms with Crippen LogP contribution in [0.2, 0.25) is 5.02 Å². The van der Waals surface area contributed by atoms with E-state index in [1.54, 1.807) is 36.2 Å². The van der Waals surface area contributed by atoms with Crippen molar-refractivity contribution in [3.05, 3.63) is 64.9 Å². The van der Waals surface area contributed by atoms with Crippen LogP contribution < -0.4 is 4.31 Å². The molecule has 3 fully saturated rings. The molecule has 1 saturated heterocycles. The van der Waals surface area contributed by atoms with Gasteiger partial charge in [-0.25, -0.2) is 4.39 Å². The second kappa shape index (κ2) is 10.4. The van der Waals surface area contributed by atoms with E-state index in [0.29, 0.717) is 22.5 Å². The van der Waals surface area contributed by atoms with Crippen LogP contribution in [0, 0.1) is 11.7 Å². The fourth-order valence-electron chi connectivity index (χ4n) is 4.64. The summed E-state index contributed by atoms with van der Waals surface area (Å²) in [6.07, 6.45) is 2.73. The van der Waals surface area contributed by atoms with E-state index in [-0.39, 0.29) is 42.8 Å². The van der Waals surface area contributed by atoms with E-state index >= 15 is 0 Å². The number of nitrogens with zero attached hydrogens (tertiary/aromatic N) is 2. The third-order valence-corrected chi connectivity index (χ3v) is 8.36. The predicted octanol–water partition coefficient (Wildman–Crippen LogP) is 5.32. The predicted molar refractivity (Wildman–Crippen MR) is 134 cm³/mol. The van der Waals surface area contributed by atoms with Gasteiger partial charge in [0, 0.05) is 10.3 Å². The SMILES string of the molecule is O=C(O)CC1OCC(c2ccc(Cl)cc2)N(C(CN(SC2CC2)c2ccccc2F)C2CC2)C1=O. The minimum atomic E-state index is -1.08. The largest absolute Gasteiger partial charge is 0.481 e. The number of amides is 1. The lowest BCUT2D eigenvalue weighted by atomic mass is 9.97. The van der Waals surface area contributed by atoms with Crippen LogP contribution in [-0.2, 0) is 14.3 Å². The van der Waals surface area contributed by atoms with E-state index in [4.69, 9.17) is 16.3 Å². The highest BCUT2D eigenvalue weighted by Gasteiger charge is 2.47. The first kappa shape index (κ1) is 24.4. The highest BCUT2D eigenvalue weighted by atomic mass is 35.5. The van der Waals surface area contributed by atoms with Gasteiger partial charge in [0.1, 0.15) is 11.9 Å². The monoisotopic (exact) mass is 518 g/mol. The highest BCUT2D eigenvalue weighted by Crippen LogP contribution is 2.45. The Bertz CT molecular complexity index is 1080. The summed E-state index contributed by atoms with van der Waals surface area (Å²) in [5, 5.41) is 10.4. The van der Waals surface area contributed by atoms with Crippen molar-refractivity contribution >= 4 is 41.1 Å². The number of carbonyl (C=O) groups is 2. The third-order valence-electron chi connectivity index (χ3n) is 6.73. The summed E-state index contributed by atoms with van der Waals surface area (Å²) in [6, 6.07) is 13.5. The minimum Gasteiger partial charge on any atom is -0.481 e. The Balaban J connectivity index is 1.49. The van der Waals surface area contributed by atoms with Gasteiger partial charge in [0.15, 0.2) is 0 Å². The highest BCUT2D eigenvalue weighted by molar-refractivity contribution is 8.01. The summed E-state index contributed by atoms with van der Waals surface area (Å²) < 4.78 is 22.6. The number of halogens is 2. The van der Waals surface area contributed by atoms with Crippen molar-refractivity contribution in [3.63, 3.8) is 0 Å². The lowest BCUT2D eigenvalue weighted by molar-refractivity contribution is -0.169. The number of carbonyl (C=O) groups excluding carboxylic acids is 1. The number of aliphatic carboxylic acids is 1. The molecule has 35 heavy (non-hydrogen) atoms. The molecular weight excluding hydrogens is 491 g/mol. The summed E-state index contributed by atoms with van der Waals surface area (Å²) in [5.41, 5.74) is 1.40. The summed E-state index contributed by atoms with van der Waals surface area (Å²) >= 11 is 7.74. The number of carboxylic acid groups (broad SMARTS) is 1. The molecule has 2 aromatic carbocycles. The first-order chi connectivity index (χ1) is 16.9. The average Bonchev–Trinajstić information content (AvgIpc) is 3.74. The molecule has 5 rings (SSSR count). The van der Waals surface area contributed by atoms with Gasteiger partial charge in [0.25, 0.3) is 5.91 Å². The van der Waals surface area contributed by atoms with E-state index < -0.39 is 12.1 Å². The lowest BCUT2D eigenvalue weighted by Crippen LogP contribution is -2.57. The zero-order valence-corrected chi connectivity index (χ0v) is 20.8. The number of morpholine rings is 1. The standard InChI is InChI=1S/C26H28ClFN2O4S/c27-18-9-7-17(8-10-18)23-15-34-24(13-25(31)32)26(33)30(23)22(16-5-6-16)14-29(35-19-11-12-19)21-4-2-1-3-20(21)28/h1-4,7-10,16,19,22-24H,5-6,11-15H2,(H,31,32). The summed E-state index contributed by atoms with van der Waals surface area (Å²) in [5.74, 6) is -1.41. The van der Waals surface area contributed by atoms with Crippen molar-refractivity contribution in [1.29, 1.82) is 0 Å². The average molecular weight is 519 g/mol. The molecule has 0 spiro atoms. The van der Waals surface area contributed by atoms with Crippen molar-refractivity contribution < 1.29 is 23.8 Å². The van der Waals surface area contributed by atoms with Gasteiger partial charge in [-0.3, -0.25) is 9.59 Å². The third kappa shape index (κ3) is 5.76. The Morgan fingerprint density at radius 1 is 1.17 bits per heavy atom. The van der Waals surface area contributed by atoms with Gasteiger partial charge < -0.3 is 19.0 Å². The minimum absolute atomic E-state index is 0.198. The molecule has 0 radical (unpaired) electrons. The van der Waals surface area contributed by atoms with Crippen LogP contribution in [0.1, 0.15) is 43.7 Å². The first-order valence-electron chi connectivity index (χ1n) is 12.0. The second-order valence-corrected chi connectivity index (χ2v) is 11.2. The van der Waals surface area contributed by atoms with Gasteiger partial charge in [0.2, 0.25) is 0 Å². The Kier molecular flexibility index (Phi) is 7.23. The number of rotatable bonds is 10. The van der Waals surface area contributed by atoms with Crippen LogP contribution >= 0.6 is 23.5 Å². The van der Waals surface area contributed by atoms with E-state index in [1.165, 1.54) is 6.07 Å². The van der Waals surface area contributed by atoms with Crippen LogP contribution in [0.4, 0.5) is 10.1 Å². The molecule has 6 nitrogen and oxygen atoms in total. The van der Waals surface area contributed by atoms with Crippen LogP contribution in [0.3, 0.4) is 0 Å². The number of anilines is 1. The number of benzene rings is 2. The van der Waals surface area contributed by atoms with Crippen molar-refractivity contribution in [3.8, 4) is 0 Å². The number of hydrogen-bond donors (Lipinski definition) is 1. The summed E-state index contributed by atoms with van der Waals surface area (Å²) in [4.78, 5) is 27.0. The van der Waals surface area contributed by atoms with Crippen molar-refractivity contribution in [2.45, 2.75) is 55.5 Å². The van der Waals surface area contributed by atoms with Gasteiger partial charge in [0.05, 0.1) is 37.3 Å². The van der Waals surface area contributed by atoms with E-state index in [2.05, 4.69) is 0 Å². The van der Waals surface area contributed by atoms with E-state index in [1.807, 2.05) is 27.4 Å². The quantitative estimate of drug-likeness (QED) is 0.429. The Hall–Kier alpha value is -2.29. The Labute approximate surface area is 213 Å². The van der Waals surface area contributed by atoms with E-state index in [0.717, 1.165) is 31.2 Å². The number of para-hydroxylation sites is 1. The van der Waals surface area contributed by atoms with Gasteiger partial charge in [-0.2, -0.15) is 0 Å². The molecule has 9 heteroatoms. The summed E-state index contributed by atoms with van der Waals surface area (Å²) in [7, 11) is 0. The Morgan fingerprint density at radius 2 is 1.89 bits per heavy atom. The van der Waals surface area contributed by atoms with Crippen molar-refractivity contribution in [2.24, 2.45) is 5.92 Å². The Morgan fingerprint density at radius 3 is 2.51 bits per heavy atom. The van der Waals surface area contributed by atoms with Gasteiger partial charge in [-0.15, -0.1) is 0 Å². The molecule has 1 aliphatic heterocycles. The van der Waals surface area contributed by atoms with Gasteiger partial charge in [-0.1, -0.05) is 35.9 Å². The van der Waals surface area contributed by atoms with Gasteiger partial charge >= 0.3 is 5.97 Å². The normalized spacial score (nSPS) is 23.3.